The van der Waals surface area contributed by atoms with E-state index in [0.717, 1.165) is 28.2 Å². The molecule has 2 amide bonds. The minimum absolute atomic E-state index is 0.263. The smallest absolute Gasteiger partial charge is 0.251 e. The Morgan fingerprint density at radius 1 is 0.971 bits per heavy atom. The monoisotopic (exact) mass is 478 g/mol. The number of carbonyl (C=O) groups is 2. The average molecular weight is 479 g/mol. The van der Waals surface area contributed by atoms with Gasteiger partial charge in [-0.3, -0.25) is 9.59 Å². The van der Waals surface area contributed by atoms with Crippen molar-refractivity contribution in [2.24, 2.45) is 0 Å². The number of nitrogens with one attached hydrogen (secondary N) is 2. The van der Waals surface area contributed by atoms with E-state index in [1.165, 1.54) is 0 Å². The third-order valence-electron chi connectivity index (χ3n) is 5.38. The number of ether oxygens (including phenoxy) is 2. The number of hydrogen-bond donors (Lipinski definition) is 2. The van der Waals surface area contributed by atoms with E-state index in [-0.39, 0.29) is 11.8 Å². The molecule has 0 aromatic heterocycles. The number of anilines is 1. The summed E-state index contributed by atoms with van der Waals surface area (Å²) in [6, 6.07) is 19.8. The van der Waals surface area contributed by atoms with Crippen LogP contribution in [0.2, 0.25) is 0 Å². The lowest BCUT2D eigenvalue weighted by atomic mass is 10.0. The average Bonchev–Trinajstić information content (AvgIpc) is 2.86. The summed E-state index contributed by atoms with van der Waals surface area (Å²) >= 11 is 1.63. The summed E-state index contributed by atoms with van der Waals surface area (Å²) in [6.07, 6.45) is 2.49. The molecule has 1 unspecified atom stereocenters. The van der Waals surface area contributed by atoms with Crippen LogP contribution in [0.5, 0.6) is 11.5 Å². The first-order chi connectivity index (χ1) is 16.4. The van der Waals surface area contributed by atoms with Gasteiger partial charge in [0, 0.05) is 16.8 Å². The molecule has 34 heavy (non-hydrogen) atoms. The quantitative estimate of drug-likeness (QED) is 0.420. The van der Waals surface area contributed by atoms with Crippen molar-refractivity contribution in [2.45, 2.75) is 19.4 Å². The van der Waals surface area contributed by atoms with Crippen molar-refractivity contribution in [1.29, 1.82) is 0 Å². The Hall–Kier alpha value is -3.45. The number of amides is 2. The third kappa shape index (κ3) is 6.54. The SMILES string of the molecule is COc1ccc(-c2cc(NC(=O)C(CCSC)NC(=O)c3cccc(C)c3)ccc2OC)cc1. The molecule has 0 fully saturated rings. The number of carbonyl (C=O) groups excluding carboxylic acids is 2. The van der Waals surface area contributed by atoms with Crippen molar-refractivity contribution in [3.63, 3.8) is 0 Å². The Balaban J connectivity index is 1.80. The molecule has 178 valence electrons. The summed E-state index contributed by atoms with van der Waals surface area (Å²) in [5.41, 5.74) is 3.92. The third-order valence-corrected chi connectivity index (χ3v) is 6.02. The second-order valence-electron chi connectivity index (χ2n) is 7.81. The second-order valence-corrected chi connectivity index (χ2v) is 8.80. The first-order valence-corrected chi connectivity index (χ1v) is 12.3. The summed E-state index contributed by atoms with van der Waals surface area (Å²) in [7, 11) is 3.23. The highest BCUT2D eigenvalue weighted by Gasteiger charge is 2.22. The fourth-order valence-corrected chi connectivity index (χ4v) is 4.02. The van der Waals surface area contributed by atoms with Crippen LogP contribution in [0.25, 0.3) is 11.1 Å². The topological polar surface area (TPSA) is 76.7 Å². The summed E-state index contributed by atoms with van der Waals surface area (Å²) in [5.74, 6) is 1.66. The molecular weight excluding hydrogens is 448 g/mol. The Labute approximate surface area is 205 Å². The molecule has 0 heterocycles. The highest BCUT2D eigenvalue weighted by Crippen LogP contribution is 2.33. The van der Waals surface area contributed by atoms with Crippen molar-refractivity contribution in [3.05, 3.63) is 77.9 Å². The normalized spacial score (nSPS) is 11.4. The van der Waals surface area contributed by atoms with Crippen LogP contribution < -0.4 is 20.1 Å². The van der Waals surface area contributed by atoms with Crippen LogP contribution in [0.1, 0.15) is 22.3 Å². The highest BCUT2D eigenvalue weighted by molar-refractivity contribution is 7.98. The lowest BCUT2D eigenvalue weighted by molar-refractivity contribution is -0.118. The van der Waals surface area contributed by atoms with E-state index in [1.54, 1.807) is 38.1 Å². The van der Waals surface area contributed by atoms with Gasteiger partial charge in [0.25, 0.3) is 5.91 Å². The molecule has 7 heteroatoms. The molecule has 3 aromatic rings. The molecule has 6 nitrogen and oxygen atoms in total. The van der Waals surface area contributed by atoms with Crippen molar-refractivity contribution in [3.8, 4) is 22.6 Å². The molecular formula is C27H30N2O4S. The van der Waals surface area contributed by atoms with Gasteiger partial charge in [0.1, 0.15) is 17.5 Å². The molecule has 1 atom stereocenters. The fourth-order valence-electron chi connectivity index (χ4n) is 3.54. The van der Waals surface area contributed by atoms with Crippen molar-refractivity contribution in [1.82, 2.24) is 5.32 Å². The summed E-state index contributed by atoms with van der Waals surface area (Å²) in [4.78, 5) is 25.9. The van der Waals surface area contributed by atoms with Crippen molar-refractivity contribution >= 4 is 29.3 Å². The maximum absolute atomic E-state index is 13.2. The second kappa shape index (κ2) is 12.1. The zero-order chi connectivity index (χ0) is 24.5. The number of thioether (sulfide) groups is 1. The van der Waals surface area contributed by atoms with Crippen molar-refractivity contribution < 1.29 is 19.1 Å². The van der Waals surface area contributed by atoms with Crippen LogP contribution in [0.15, 0.2) is 66.7 Å². The number of benzene rings is 3. The molecule has 0 aliphatic rings. The summed E-state index contributed by atoms with van der Waals surface area (Å²) in [6.45, 7) is 1.93. The minimum Gasteiger partial charge on any atom is -0.497 e. The van der Waals surface area contributed by atoms with Crippen LogP contribution in [-0.2, 0) is 4.79 Å². The molecule has 3 aromatic carbocycles. The van der Waals surface area contributed by atoms with E-state index in [2.05, 4.69) is 10.6 Å². The van der Waals surface area contributed by atoms with Gasteiger partial charge in [0.2, 0.25) is 5.91 Å². The summed E-state index contributed by atoms with van der Waals surface area (Å²) in [5, 5.41) is 5.85. The lowest BCUT2D eigenvalue weighted by Gasteiger charge is -2.19. The van der Waals surface area contributed by atoms with E-state index in [4.69, 9.17) is 9.47 Å². The van der Waals surface area contributed by atoms with Gasteiger partial charge in [0.15, 0.2) is 0 Å². The van der Waals surface area contributed by atoms with E-state index in [9.17, 15) is 9.59 Å². The first-order valence-electron chi connectivity index (χ1n) is 10.9. The maximum atomic E-state index is 13.2. The molecule has 0 saturated carbocycles. The van der Waals surface area contributed by atoms with E-state index in [1.807, 2.05) is 67.8 Å². The van der Waals surface area contributed by atoms with Gasteiger partial charge >= 0.3 is 0 Å². The van der Waals surface area contributed by atoms with Crippen LogP contribution in [0.3, 0.4) is 0 Å². The Kier molecular flexibility index (Phi) is 8.99. The predicted molar refractivity (Wildman–Crippen MR) is 139 cm³/mol. The molecule has 3 rings (SSSR count). The molecule has 2 N–H and O–H groups in total. The van der Waals surface area contributed by atoms with Gasteiger partial charge < -0.3 is 20.1 Å². The van der Waals surface area contributed by atoms with Gasteiger partial charge in [-0.05, 0) is 73.4 Å². The molecule has 0 bridgehead atoms. The fraction of sp³-hybridized carbons (Fsp3) is 0.259. The first kappa shape index (κ1) is 25.2. The minimum atomic E-state index is -0.660. The number of aryl methyl sites for hydroxylation is 1. The molecule has 0 aliphatic heterocycles. The predicted octanol–water partition coefficient (Wildman–Crippen LogP) is 5.17. The van der Waals surface area contributed by atoms with Gasteiger partial charge in [0.05, 0.1) is 14.2 Å². The number of rotatable bonds is 10. The number of hydrogen-bond acceptors (Lipinski definition) is 5. The Morgan fingerprint density at radius 3 is 2.38 bits per heavy atom. The van der Waals surface area contributed by atoms with Crippen LogP contribution in [0.4, 0.5) is 5.69 Å². The standard InChI is InChI=1S/C27H30N2O4S/c1-18-6-5-7-20(16-18)26(30)29-24(14-15-34-4)27(31)28-21-10-13-25(33-3)23(17-21)19-8-11-22(32-2)12-9-19/h5-13,16-17,24H,14-15H2,1-4H3,(H,28,31)(H,29,30). The van der Waals surface area contributed by atoms with Crippen LogP contribution >= 0.6 is 11.8 Å². The summed E-state index contributed by atoms with van der Waals surface area (Å²) < 4.78 is 10.8. The van der Waals surface area contributed by atoms with Gasteiger partial charge in [-0.2, -0.15) is 11.8 Å². The molecule has 0 radical (unpaired) electrons. The number of methoxy groups -OCH3 is 2. The van der Waals surface area contributed by atoms with E-state index >= 15 is 0 Å². The zero-order valence-electron chi connectivity index (χ0n) is 19.9. The van der Waals surface area contributed by atoms with Crippen LogP contribution in [0, 0.1) is 6.92 Å². The lowest BCUT2D eigenvalue weighted by Crippen LogP contribution is -2.44. The maximum Gasteiger partial charge on any atom is 0.251 e. The van der Waals surface area contributed by atoms with Crippen LogP contribution in [-0.4, -0.2) is 44.1 Å². The van der Waals surface area contributed by atoms with E-state index < -0.39 is 6.04 Å². The molecule has 0 aliphatic carbocycles. The van der Waals surface area contributed by atoms with Gasteiger partial charge in [-0.1, -0.05) is 29.8 Å². The van der Waals surface area contributed by atoms with Gasteiger partial charge in [-0.15, -0.1) is 0 Å². The highest BCUT2D eigenvalue weighted by atomic mass is 32.2. The van der Waals surface area contributed by atoms with E-state index in [0.29, 0.717) is 23.4 Å². The Bertz CT molecular complexity index is 1130. The zero-order valence-corrected chi connectivity index (χ0v) is 20.7. The molecule has 0 saturated heterocycles. The van der Waals surface area contributed by atoms with Gasteiger partial charge in [-0.25, -0.2) is 0 Å². The largest absolute Gasteiger partial charge is 0.497 e. The molecule has 0 spiro atoms. The Morgan fingerprint density at radius 2 is 1.74 bits per heavy atom. The van der Waals surface area contributed by atoms with Crippen molar-refractivity contribution in [2.75, 3.05) is 31.5 Å².